The van der Waals surface area contributed by atoms with Gasteiger partial charge in [0.1, 0.15) is 5.75 Å². The van der Waals surface area contributed by atoms with Crippen molar-refractivity contribution in [3.63, 3.8) is 0 Å². The van der Waals surface area contributed by atoms with Gasteiger partial charge in [0.15, 0.2) is 22.9 Å². The first-order valence-electron chi connectivity index (χ1n) is 10.2. The summed E-state index contributed by atoms with van der Waals surface area (Å²) >= 11 is 0. The monoisotopic (exact) mass is 431 g/mol. The maximum Gasteiger partial charge on any atom is 0.264 e. The zero-order valence-electron chi connectivity index (χ0n) is 17.4. The highest BCUT2D eigenvalue weighted by atomic mass is 16.7. The van der Waals surface area contributed by atoms with Crippen molar-refractivity contribution in [2.45, 2.75) is 18.6 Å². The van der Waals surface area contributed by atoms with E-state index in [4.69, 9.17) is 14.2 Å². The zero-order chi connectivity index (χ0) is 22.3. The number of ether oxygens (including phenoxy) is 3. The maximum atomic E-state index is 13.5. The van der Waals surface area contributed by atoms with Gasteiger partial charge in [-0.2, -0.15) is 0 Å². The zero-order valence-corrected chi connectivity index (χ0v) is 17.4. The van der Waals surface area contributed by atoms with Crippen molar-refractivity contribution in [3.05, 3.63) is 83.4 Å². The molecule has 0 unspecified atom stereocenters. The Kier molecular flexibility index (Phi) is 4.83. The van der Waals surface area contributed by atoms with Crippen molar-refractivity contribution in [3.8, 4) is 17.2 Å². The Labute approximate surface area is 184 Å². The SMILES string of the molecule is COc1cccc(C(=O)C[C@@]2(O)C(=O)N(Cc3ccc4c(c3)OCO4)c3ccccc32)c1. The van der Waals surface area contributed by atoms with E-state index in [1.165, 1.54) is 12.0 Å². The third kappa shape index (κ3) is 3.27. The van der Waals surface area contributed by atoms with E-state index >= 15 is 0 Å². The molecule has 0 spiro atoms. The standard InChI is InChI=1S/C25H21NO6/c1-30-18-6-4-5-17(12-18)21(27)13-25(29)19-7-2-3-8-20(19)26(24(25)28)14-16-9-10-22-23(11-16)32-15-31-22/h2-12,29H,13-15H2,1H3/t25-/m0/s1. The molecule has 0 saturated carbocycles. The molecule has 0 aromatic heterocycles. The van der Waals surface area contributed by atoms with Gasteiger partial charge in [0.2, 0.25) is 6.79 Å². The van der Waals surface area contributed by atoms with Crippen LogP contribution in [-0.2, 0) is 16.9 Å². The molecule has 7 nitrogen and oxygen atoms in total. The normalized spacial score (nSPS) is 18.6. The van der Waals surface area contributed by atoms with Crippen LogP contribution >= 0.6 is 0 Å². The van der Waals surface area contributed by atoms with E-state index in [-0.39, 0.29) is 25.5 Å². The highest BCUT2D eigenvalue weighted by molar-refractivity contribution is 6.10. The van der Waals surface area contributed by atoms with Crippen LogP contribution in [0.2, 0.25) is 0 Å². The van der Waals surface area contributed by atoms with Crippen LogP contribution in [0, 0.1) is 0 Å². The third-order valence-electron chi connectivity index (χ3n) is 5.83. The average Bonchev–Trinajstić information content (AvgIpc) is 3.36. The van der Waals surface area contributed by atoms with Crippen LogP contribution in [0.25, 0.3) is 0 Å². The lowest BCUT2D eigenvalue weighted by atomic mass is 9.88. The first kappa shape index (κ1) is 20.1. The Balaban J connectivity index is 1.46. The Hall–Kier alpha value is -3.84. The summed E-state index contributed by atoms with van der Waals surface area (Å²) in [6, 6.07) is 19.1. The van der Waals surface area contributed by atoms with Gasteiger partial charge >= 0.3 is 0 Å². The first-order chi connectivity index (χ1) is 15.5. The molecule has 1 N–H and O–H groups in total. The lowest BCUT2D eigenvalue weighted by molar-refractivity contribution is -0.136. The number of benzene rings is 3. The van der Waals surface area contributed by atoms with E-state index in [2.05, 4.69) is 0 Å². The van der Waals surface area contributed by atoms with Gasteiger partial charge in [-0.25, -0.2) is 0 Å². The molecular weight excluding hydrogens is 410 g/mol. The molecule has 5 rings (SSSR count). The van der Waals surface area contributed by atoms with Crippen LogP contribution in [-0.4, -0.2) is 30.7 Å². The first-order valence-corrected chi connectivity index (χ1v) is 10.2. The number of carbonyl (C=O) groups is 2. The van der Waals surface area contributed by atoms with Gasteiger partial charge in [-0.1, -0.05) is 36.4 Å². The molecule has 7 heteroatoms. The molecule has 0 fully saturated rings. The number of hydrogen-bond donors (Lipinski definition) is 1. The fourth-order valence-corrected chi connectivity index (χ4v) is 4.19. The van der Waals surface area contributed by atoms with Crippen molar-refractivity contribution < 1.29 is 28.9 Å². The number of para-hydroxylation sites is 1. The van der Waals surface area contributed by atoms with Crippen LogP contribution in [0.1, 0.15) is 27.9 Å². The Morgan fingerprint density at radius 2 is 1.88 bits per heavy atom. The van der Waals surface area contributed by atoms with Gasteiger partial charge in [-0.3, -0.25) is 9.59 Å². The largest absolute Gasteiger partial charge is 0.497 e. The quantitative estimate of drug-likeness (QED) is 0.602. The third-order valence-corrected chi connectivity index (χ3v) is 5.83. The number of Topliss-reactive ketones (excluding diaryl/α,β-unsaturated/α-hetero) is 1. The lowest BCUT2D eigenvalue weighted by Gasteiger charge is -2.23. The number of aliphatic hydroxyl groups is 1. The second-order valence-electron chi connectivity index (χ2n) is 7.79. The molecule has 2 aliphatic heterocycles. The van der Waals surface area contributed by atoms with Crippen LogP contribution in [0.3, 0.4) is 0 Å². The van der Waals surface area contributed by atoms with E-state index < -0.39 is 11.5 Å². The van der Waals surface area contributed by atoms with E-state index in [1.54, 1.807) is 54.6 Å². The van der Waals surface area contributed by atoms with Crippen molar-refractivity contribution >= 4 is 17.4 Å². The van der Waals surface area contributed by atoms with Gasteiger partial charge in [-0.05, 0) is 35.9 Å². The van der Waals surface area contributed by atoms with E-state index in [0.29, 0.717) is 34.1 Å². The van der Waals surface area contributed by atoms with E-state index in [9.17, 15) is 14.7 Å². The molecule has 0 aliphatic carbocycles. The molecule has 32 heavy (non-hydrogen) atoms. The minimum atomic E-state index is -1.95. The fraction of sp³-hybridized carbons (Fsp3) is 0.200. The van der Waals surface area contributed by atoms with Crippen LogP contribution in [0.4, 0.5) is 5.69 Å². The number of anilines is 1. The second-order valence-corrected chi connectivity index (χ2v) is 7.79. The van der Waals surface area contributed by atoms with Crippen LogP contribution in [0.15, 0.2) is 66.7 Å². The minimum Gasteiger partial charge on any atom is -0.497 e. The van der Waals surface area contributed by atoms with Crippen LogP contribution in [0.5, 0.6) is 17.2 Å². The smallest absolute Gasteiger partial charge is 0.264 e. The van der Waals surface area contributed by atoms with Crippen molar-refractivity contribution in [1.82, 2.24) is 0 Å². The molecule has 0 bridgehead atoms. The highest BCUT2D eigenvalue weighted by Gasteiger charge is 2.50. The van der Waals surface area contributed by atoms with E-state index in [0.717, 1.165) is 5.56 Å². The number of ketones is 1. The summed E-state index contributed by atoms with van der Waals surface area (Å²) in [7, 11) is 1.52. The molecule has 2 heterocycles. The molecule has 0 radical (unpaired) electrons. The summed E-state index contributed by atoms with van der Waals surface area (Å²) in [6.07, 6.45) is -0.367. The number of fused-ring (bicyclic) bond motifs is 2. The van der Waals surface area contributed by atoms with Crippen molar-refractivity contribution in [2.75, 3.05) is 18.8 Å². The Bertz CT molecular complexity index is 1220. The number of rotatable bonds is 6. The molecule has 162 valence electrons. The molecule has 3 aromatic rings. The predicted octanol–water partition coefficient (Wildman–Crippen LogP) is 3.43. The number of carbonyl (C=O) groups excluding carboxylic acids is 2. The molecule has 3 aromatic carbocycles. The van der Waals surface area contributed by atoms with Gasteiger partial charge in [0.05, 0.1) is 25.8 Å². The molecule has 2 aliphatic rings. The minimum absolute atomic E-state index is 0.163. The predicted molar refractivity (Wildman–Crippen MR) is 116 cm³/mol. The number of nitrogens with zero attached hydrogens (tertiary/aromatic N) is 1. The molecule has 0 saturated heterocycles. The van der Waals surface area contributed by atoms with Gasteiger partial charge in [0.25, 0.3) is 5.91 Å². The summed E-state index contributed by atoms with van der Waals surface area (Å²) < 4.78 is 16.0. The average molecular weight is 431 g/mol. The topological polar surface area (TPSA) is 85.3 Å². The summed E-state index contributed by atoms with van der Waals surface area (Å²) in [5, 5.41) is 11.5. The Morgan fingerprint density at radius 3 is 2.72 bits per heavy atom. The molecular formula is C25H21NO6. The summed E-state index contributed by atoms with van der Waals surface area (Å²) in [5.74, 6) is 0.922. The van der Waals surface area contributed by atoms with E-state index in [1.807, 2.05) is 12.1 Å². The summed E-state index contributed by atoms with van der Waals surface area (Å²) in [5.41, 5.74) is 0.240. The Morgan fingerprint density at radius 1 is 1.06 bits per heavy atom. The van der Waals surface area contributed by atoms with Gasteiger partial charge < -0.3 is 24.2 Å². The summed E-state index contributed by atoms with van der Waals surface area (Å²) in [4.78, 5) is 28.0. The molecule has 1 atom stereocenters. The summed E-state index contributed by atoms with van der Waals surface area (Å²) in [6.45, 7) is 0.387. The van der Waals surface area contributed by atoms with Gasteiger partial charge in [0, 0.05) is 11.1 Å². The number of amides is 1. The maximum absolute atomic E-state index is 13.5. The number of methoxy groups -OCH3 is 1. The van der Waals surface area contributed by atoms with Gasteiger partial charge in [-0.15, -0.1) is 0 Å². The second kappa shape index (κ2) is 7.69. The molecule has 1 amide bonds. The van der Waals surface area contributed by atoms with Crippen LogP contribution < -0.4 is 19.1 Å². The fourth-order valence-electron chi connectivity index (χ4n) is 4.19. The lowest BCUT2D eigenvalue weighted by Crippen LogP contribution is -2.41. The number of hydrogen-bond acceptors (Lipinski definition) is 6. The highest BCUT2D eigenvalue weighted by Crippen LogP contribution is 2.44. The van der Waals surface area contributed by atoms with Crippen molar-refractivity contribution in [1.29, 1.82) is 0 Å². The van der Waals surface area contributed by atoms with Crippen molar-refractivity contribution in [2.24, 2.45) is 0 Å².